The van der Waals surface area contributed by atoms with Gasteiger partial charge in [0.2, 0.25) is 0 Å². The Hall–Kier alpha value is -1.84. The molecule has 1 rings (SSSR count). The first-order valence-electron chi connectivity index (χ1n) is 6.58. The van der Waals surface area contributed by atoms with Crippen LogP contribution < -0.4 is 0 Å². The Morgan fingerprint density at radius 3 is 2.00 bits per heavy atom. The minimum atomic E-state index is -1.11. The third-order valence-electron chi connectivity index (χ3n) is 2.81. The lowest BCUT2D eigenvalue weighted by Gasteiger charge is -2.42. The van der Waals surface area contributed by atoms with Crippen LogP contribution in [-0.4, -0.2) is 53.9 Å². The van der Waals surface area contributed by atoms with Crippen molar-refractivity contribution < 1.29 is 33.3 Å². The van der Waals surface area contributed by atoms with E-state index in [9.17, 15) is 14.4 Å². The molecule has 1 heterocycles. The lowest BCUT2D eigenvalue weighted by atomic mass is 9.99. The van der Waals surface area contributed by atoms with Gasteiger partial charge in [-0.25, -0.2) is 0 Å². The molecule has 23 heavy (non-hydrogen) atoms. The van der Waals surface area contributed by atoms with Gasteiger partial charge < -0.3 is 18.9 Å². The van der Waals surface area contributed by atoms with Gasteiger partial charge in [-0.05, 0) is 5.53 Å². The number of halogens is 1. The SMILES string of the molecule is CC(=O)O[C@H]1[C@H](OC(C)=O)[C@@H](OC(C)=O)C(Br)O[C@@H]1CN=[N+]=[N-]. The molecule has 0 saturated carbocycles. The molecule has 1 fully saturated rings. The van der Waals surface area contributed by atoms with E-state index in [0.29, 0.717) is 0 Å². The smallest absolute Gasteiger partial charge is 0.303 e. The van der Waals surface area contributed by atoms with Crippen LogP contribution in [0.3, 0.4) is 0 Å². The van der Waals surface area contributed by atoms with Crippen LogP contribution in [0, 0.1) is 0 Å². The van der Waals surface area contributed by atoms with E-state index < -0.39 is 47.3 Å². The zero-order chi connectivity index (χ0) is 17.6. The minimum Gasteiger partial charge on any atom is -0.456 e. The molecule has 1 unspecified atom stereocenters. The molecule has 1 aliphatic rings. The number of esters is 3. The highest BCUT2D eigenvalue weighted by molar-refractivity contribution is 9.09. The van der Waals surface area contributed by atoms with Gasteiger partial charge in [-0.1, -0.05) is 21.0 Å². The van der Waals surface area contributed by atoms with Crippen molar-refractivity contribution in [2.45, 2.75) is 50.2 Å². The molecule has 0 N–H and O–H groups in total. The molecule has 0 aromatic rings. The van der Waals surface area contributed by atoms with Crippen LogP contribution in [0.5, 0.6) is 0 Å². The van der Waals surface area contributed by atoms with Gasteiger partial charge >= 0.3 is 17.9 Å². The number of alkyl halides is 1. The monoisotopic (exact) mass is 393 g/mol. The van der Waals surface area contributed by atoms with Gasteiger partial charge in [-0.3, -0.25) is 14.4 Å². The highest BCUT2D eigenvalue weighted by atomic mass is 79.9. The van der Waals surface area contributed by atoms with Crippen molar-refractivity contribution in [1.82, 2.24) is 0 Å². The molecule has 0 aliphatic carbocycles. The van der Waals surface area contributed by atoms with Crippen LogP contribution in [0.1, 0.15) is 20.8 Å². The predicted molar refractivity (Wildman–Crippen MR) is 78.3 cm³/mol. The summed E-state index contributed by atoms with van der Waals surface area (Å²) in [6, 6.07) is 0. The van der Waals surface area contributed by atoms with E-state index in [4.69, 9.17) is 24.5 Å². The molecule has 0 aromatic heterocycles. The molecular formula is C12H16BrN3O7. The van der Waals surface area contributed by atoms with Crippen LogP contribution in [0.25, 0.3) is 10.4 Å². The molecular weight excluding hydrogens is 378 g/mol. The maximum Gasteiger partial charge on any atom is 0.303 e. The molecule has 5 atom stereocenters. The van der Waals surface area contributed by atoms with Crippen molar-refractivity contribution >= 4 is 33.8 Å². The van der Waals surface area contributed by atoms with E-state index in [-0.39, 0.29) is 6.54 Å². The first-order chi connectivity index (χ1) is 10.8. The van der Waals surface area contributed by atoms with Crippen molar-refractivity contribution in [1.29, 1.82) is 0 Å². The quantitative estimate of drug-likeness (QED) is 0.171. The Morgan fingerprint density at radius 1 is 1.04 bits per heavy atom. The summed E-state index contributed by atoms with van der Waals surface area (Å²) < 4.78 is 20.9. The van der Waals surface area contributed by atoms with Crippen molar-refractivity contribution in [2.24, 2.45) is 5.11 Å². The predicted octanol–water partition coefficient (Wildman–Crippen LogP) is 1.21. The van der Waals surface area contributed by atoms with Crippen LogP contribution in [0.15, 0.2) is 5.11 Å². The van der Waals surface area contributed by atoms with Crippen molar-refractivity contribution in [3.05, 3.63) is 10.4 Å². The summed E-state index contributed by atoms with van der Waals surface area (Å²) in [5.41, 5.74) is 8.44. The zero-order valence-electron chi connectivity index (χ0n) is 12.7. The second-order valence-corrected chi connectivity index (χ2v) is 5.56. The summed E-state index contributed by atoms with van der Waals surface area (Å²) in [4.78, 5) is 36.6. The van der Waals surface area contributed by atoms with Crippen molar-refractivity contribution in [3.8, 4) is 0 Å². The van der Waals surface area contributed by atoms with Crippen molar-refractivity contribution in [3.63, 3.8) is 0 Å². The van der Waals surface area contributed by atoms with Gasteiger partial charge in [-0.15, -0.1) is 0 Å². The van der Waals surface area contributed by atoms with Crippen LogP contribution >= 0.6 is 15.9 Å². The summed E-state index contributed by atoms with van der Waals surface area (Å²) in [7, 11) is 0. The maximum absolute atomic E-state index is 11.4. The number of carbonyl (C=O) groups is 3. The van der Waals surface area contributed by atoms with Crippen LogP contribution in [0.4, 0.5) is 0 Å². The normalized spacial score (nSPS) is 29.8. The molecule has 0 spiro atoms. The Kier molecular flexibility index (Phi) is 7.27. The summed E-state index contributed by atoms with van der Waals surface area (Å²) in [5.74, 6) is -1.94. The van der Waals surface area contributed by atoms with E-state index >= 15 is 0 Å². The first-order valence-corrected chi connectivity index (χ1v) is 7.49. The van der Waals surface area contributed by atoms with Crippen LogP contribution in [0.2, 0.25) is 0 Å². The van der Waals surface area contributed by atoms with E-state index in [1.54, 1.807) is 0 Å². The van der Waals surface area contributed by atoms with Crippen LogP contribution in [-0.2, 0) is 33.3 Å². The Labute approximate surface area is 140 Å². The number of carbonyl (C=O) groups excluding carboxylic acids is 3. The second kappa shape index (κ2) is 8.70. The van der Waals surface area contributed by atoms with Gasteiger partial charge in [0.05, 0.1) is 6.54 Å². The summed E-state index contributed by atoms with van der Waals surface area (Å²) >= 11 is 3.17. The Morgan fingerprint density at radius 2 is 1.52 bits per heavy atom. The molecule has 1 saturated heterocycles. The van der Waals surface area contributed by atoms with Gasteiger partial charge in [-0.2, -0.15) is 0 Å². The molecule has 11 heteroatoms. The topological polar surface area (TPSA) is 137 Å². The van der Waals surface area contributed by atoms with E-state index in [1.165, 1.54) is 6.92 Å². The number of ether oxygens (including phenoxy) is 4. The van der Waals surface area contributed by atoms with Crippen molar-refractivity contribution in [2.75, 3.05) is 6.54 Å². The summed E-state index contributed by atoms with van der Waals surface area (Å²) in [6.07, 6.45) is -4.13. The van der Waals surface area contributed by atoms with E-state index in [1.807, 2.05) is 0 Å². The van der Waals surface area contributed by atoms with E-state index in [2.05, 4.69) is 26.0 Å². The standard InChI is InChI=1S/C12H16BrN3O7/c1-5(17)20-9-8(4-15-16-14)23-12(13)11(22-7(3)19)10(9)21-6(2)18/h8-12H,4H2,1-3H3/t8-,9-,10+,11-,12?/m1/s1. The number of rotatable bonds is 5. The Bertz CT molecular complexity index is 523. The van der Waals surface area contributed by atoms with Gasteiger partial charge in [0.25, 0.3) is 0 Å². The first kappa shape index (κ1) is 19.2. The lowest BCUT2D eigenvalue weighted by molar-refractivity contribution is -0.229. The largest absolute Gasteiger partial charge is 0.456 e. The number of hydrogen-bond acceptors (Lipinski definition) is 8. The van der Waals surface area contributed by atoms with Gasteiger partial charge in [0.1, 0.15) is 6.10 Å². The molecule has 10 nitrogen and oxygen atoms in total. The van der Waals surface area contributed by atoms with Gasteiger partial charge in [0.15, 0.2) is 23.3 Å². The second-order valence-electron chi connectivity index (χ2n) is 4.66. The molecule has 0 radical (unpaired) electrons. The fourth-order valence-electron chi connectivity index (χ4n) is 2.11. The molecule has 0 amide bonds. The highest BCUT2D eigenvalue weighted by Crippen LogP contribution is 2.31. The zero-order valence-corrected chi connectivity index (χ0v) is 14.3. The average molecular weight is 394 g/mol. The fourth-order valence-corrected chi connectivity index (χ4v) is 2.79. The molecule has 1 aliphatic heterocycles. The van der Waals surface area contributed by atoms with Gasteiger partial charge in [0, 0.05) is 25.7 Å². The molecule has 0 aromatic carbocycles. The fraction of sp³-hybridized carbons (Fsp3) is 0.750. The molecule has 128 valence electrons. The van der Waals surface area contributed by atoms with E-state index in [0.717, 1.165) is 13.8 Å². The number of nitrogens with zero attached hydrogens (tertiary/aromatic N) is 3. The third kappa shape index (κ3) is 5.70. The summed E-state index contributed by atoms with van der Waals surface area (Å²) in [6.45, 7) is 3.34. The number of azide groups is 1. The maximum atomic E-state index is 11.4. The number of hydrogen-bond donors (Lipinski definition) is 0. The minimum absolute atomic E-state index is 0.166. The average Bonchev–Trinajstić information content (AvgIpc) is 2.42. The lowest BCUT2D eigenvalue weighted by Crippen LogP contribution is -2.60. The third-order valence-corrected chi connectivity index (χ3v) is 3.54. The Balaban J connectivity index is 3.15. The highest BCUT2D eigenvalue weighted by Gasteiger charge is 2.50. The summed E-state index contributed by atoms with van der Waals surface area (Å²) in [5, 5.41) is 2.54. The molecule has 0 bridgehead atoms.